The van der Waals surface area contributed by atoms with Gasteiger partial charge in [0.05, 0.1) is 12.6 Å². The van der Waals surface area contributed by atoms with Gasteiger partial charge in [-0.05, 0) is 24.7 Å². The van der Waals surface area contributed by atoms with Crippen LogP contribution in [0, 0.1) is 23.2 Å². The third kappa shape index (κ3) is 1.70. The summed E-state index contributed by atoms with van der Waals surface area (Å²) in [6.07, 6.45) is 3.78. The molecule has 0 bridgehead atoms. The van der Waals surface area contributed by atoms with E-state index in [4.69, 9.17) is 11.0 Å². The van der Waals surface area contributed by atoms with Crippen LogP contribution in [0.4, 0.5) is 0 Å². The predicted octanol–water partition coefficient (Wildman–Crippen LogP) is 0.569. The van der Waals surface area contributed by atoms with E-state index in [-0.39, 0.29) is 0 Å². The van der Waals surface area contributed by atoms with Crippen molar-refractivity contribution in [1.82, 2.24) is 4.90 Å². The number of nitriles is 1. The molecule has 2 aliphatic rings. The molecule has 13 heavy (non-hydrogen) atoms. The Morgan fingerprint density at radius 1 is 1.38 bits per heavy atom. The van der Waals surface area contributed by atoms with Gasteiger partial charge in [0.25, 0.3) is 0 Å². The zero-order valence-corrected chi connectivity index (χ0v) is 7.95. The van der Waals surface area contributed by atoms with Crippen molar-refractivity contribution in [2.45, 2.75) is 25.3 Å². The van der Waals surface area contributed by atoms with Gasteiger partial charge in [0, 0.05) is 19.1 Å². The molecule has 0 amide bonds. The number of rotatable bonds is 1. The first-order chi connectivity index (χ1) is 6.31. The molecule has 1 saturated heterocycles. The maximum atomic E-state index is 8.60. The summed E-state index contributed by atoms with van der Waals surface area (Å²) in [6, 6.07) is 2.61. The molecular weight excluding hydrogens is 162 g/mol. The lowest BCUT2D eigenvalue weighted by molar-refractivity contribution is 0.259. The zero-order valence-electron chi connectivity index (χ0n) is 7.95. The van der Waals surface area contributed by atoms with Crippen LogP contribution in [-0.4, -0.2) is 30.6 Å². The van der Waals surface area contributed by atoms with E-state index in [1.807, 2.05) is 0 Å². The Bertz CT molecular complexity index is 221. The summed E-state index contributed by atoms with van der Waals surface area (Å²) in [4.78, 5) is 2.25. The quantitative estimate of drug-likeness (QED) is 0.599. The topological polar surface area (TPSA) is 53.0 Å². The summed E-state index contributed by atoms with van der Waals surface area (Å²) in [5.41, 5.74) is 6.07. The Hall–Kier alpha value is -0.590. The molecule has 1 heterocycles. The molecule has 3 heteroatoms. The first-order valence-electron chi connectivity index (χ1n) is 5.16. The van der Waals surface area contributed by atoms with Crippen molar-refractivity contribution in [3.05, 3.63) is 0 Å². The summed E-state index contributed by atoms with van der Waals surface area (Å²) in [5, 5.41) is 8.60. The molecule has 3 nitrogen and oxygen atoms in total. The highest BCUT2D eigenvalue weighted by atomic mass is 15.2. The second kappa shape index (κ2) is 3.65. The maximum absolute atomic E-state index is 8.60. The third-order valence-corrected chi connectivity index (χ3v) is 3.52. The summed E-state index contributed by atoms with van der Waals surface area (Å²) in [7, 11) is 0. The molecule has 2 N–H and O–H groups in total. The number of nitrogens with zero attached hydrogens (tertiary/aromatic N) is 2. The highest BCUT2D eigenvalue weighted by molar-refractivity contribution is 4.95. The average molecular weight is 179 g/mol. The molecule has 0 aromatic carbocycles. The van der Waals surface area contributed by atoms with Gasteiger partial charge in [-0.2, -0.15) is 5.26 Å². The number of hydrogen-bond donors (Lipinski definition) is 1. The van der Waals surface area contributed by atoms with Crippen LogP contribution in [0.2, 0.25) is 0 Å². The second-order valence-corrected chi connectivity index (χ2v) is 4.37. The highest BCUT2D eigenvalue weighted by Gasteiger charge is 2.38. The van der Waals surface area contributed by atoms with E-state index in [1.165, 1.54) is 19.3 Å². The van der Waals surface area contributed by atoms with Crippen LogP contribution in [0.25, 0.3) is 0 Å². The largest absolute Gasteiger partial charge is 0.327 e. The molecule has 3 unspecified atom stereocenters. The molecule has 72 valence electrons. The monoisotopic (exact) mass is 179 g/mol. The van der Waals surface area contributed by atoms with E-state index >= 15 is 0 Å². The third-order valence-electron chi connectivity index (χ3n) is 3.52. The zero-order chi connectivity index (χ0) is 9.26. The van der Waals surface area contributed by atoms with Gasteiger partial charge in [-0.1, -0.05) is 6.42 Å². The molecule has 0 radical (unpaired) electrons. The number of fused-ring (bicyclic) bond motifs is 1. The minimum Gasteiger partial charge on any atom is -0.327 e. The normalized spacial score (nSPS) is 39.8. The van der Waals surface area contributed by atoms with Crippen LogP contribution in [0.1, 0.15) is 19.3 Å². The molecule has 1 aliphatic heterocycles. The van der Waals surface area contributed by atoms with Gasteiger partial charge in [0.2, 0.25) is 0 Å². The van der Waals surface area contributed by atoms with Crippen molar-refractivity contribution < 1.29 is 0 Å². The average Bonchev–Trinajstić information content (AvgIpc) is 2.49. The van der Waals surface area contributed by atoms with Crippen molar-refractivity contribution in [3.8, 4) is 6.07 Å². The van der Waals surface area contributed by atoms with Gasteiger partial charge >= 0.3 is 0 Å². The summed E-state index contributed by atoms with van der Waals surface area (Å²) >= 11 is 0. The number of nitrogens with two attached hydrogens (primary N) is 1. The van der Waals surface area contributed by atoms with Crippen LogP contribution in [-0.2, 0) is 0 Å². The van der Waals surface area contributed by atoms with Crippen LogP contribution in [0.3, 0.4) is 0 Å². The second-order valence-electron chi connectivity index (χ2n) is 4.37. The van der Waals surface area contributed by atoms with Crippen LogP contribution in [0.15, 0.2) is 0 Å². The van der Waals surface area contributed by atoms with E-state index in [2.05, 4.69) is 11.0 Å². The van der Waals surface area contributed by atoms with Crippen molar-refractivity contribution >= 4 is 0 Å². The Morgan fingerprint density at radius 2 is 2.23 bits per heavy atom. The standard InChI is InChI=1S/C10H17N3/c11-4-5-13-6-8-2-1-3-10(12)9(8)7-13/h8-10H,1-3,5-7,12H2. The molecule has 1 aliphatic carbocycles. The highest BCUT2D eigenvalue weighted by Crippen LogP contribution is 2.35. The Balaban J connectivity index is 1.96. The lowest BCUT2D eigenvalue weighted by atomic mass is 9.78. The fourth-order valence-electron chi connectivity index (χ4n) is 2.84. The molecule has 1 saturated carbocycles. The van der Waals surface area contributed by atoms with Crippen LogP contribution in [0.5, 0.6) is 0 Å². The molecule has 0 aromatic heterocycles. The van der Waals surface area contributed by atoms with Crippen LogP contribution < -0.4 is 5.73 Å². The van der Waals surface area contributed by atoms with Gasteiger partial charge < -0.3 is 5.73 Å². The molecule has 3 atom stereocenters. The van der Waals surface area contributed by atoms with E-state index in [1.54, 1.807) is 0 Å². The van der Waals surface area contributed by atoms with Crippen LogP contribution >= 0.6 is 0 Å². The smallest absolute Gasteiger partial charge is 0.0866 e. The van der Waals surface area contributed by atoms with E-state index in [0.29, 0.717) is 18.5 Å². The minimum absolute atomic E-state index is 0.391. The summed E-state index contributed by atoms with van der Waals surface area (Å²) in [5.74, 6) is 1.44. The lowest BCUT2D eigenvalue weighted by Gasteiger charge is -2.29. The van der Waals surface area contributed by atoms with E-state index < -0.39 is 0 Å². The first-order valence-corrected chi connectivity index (χ1v) is 5.16. The number of likely N-dealkylation sites (tertiary alicyclic amines) is 1. The van der Waals surface area contributed by atoms with Crippen molar-refractivity contribution in [3.63, 3.8) is 0 Å². The van der Waals surface area contributed by atoms with Gasteiger partial charge in [-0.3, -0.25) is 4.90 Å². The van der Waals surface area contributed by atoms with Crippen molar-refractivity contribution in [2.75, 3.05) is 19.6 Å². The molecular formula is C10H17N3. The van der Waals surface area contributed by atoms with Crippen molar-refractivity contribution in [2.24, 2.45) is 17.6 Å². The fourth-order valence-corrected chi connectivity index (χ4v) is 2.84. The molecule has 2 fully saturated rings. The van der Waals surface area contributed by atoms with Gasteiger partial charge in [0.15, 0.2) is 0 Å². The lowest BCUT2D eigenvalue weighted by Crippen LogP contribution is -2.38. The summed E-state index contributed by atoms with van der Waals surface area (Å²) < 4.78 is 0. The predicted molar refractivity (Wildman–Crippen MR) is 50.9 cm³/mol. The SMILES string of the molecule is N#CCN1CC2CCCC(N)C2C1. The van der Waals surface area contributed by atoms with E-state index in [9.17, 15) is 0 Å². The first kappa shape index (κ1) is 8.98. The van der Waals surface area contributed by atoms with Gasteiger partial charge in [0.1, 0.15) is 0 Å². The molecule has 0 aromatic rings. The molecule has 0 spiro atoms. The summed E-state index contributed by atoms with van der Waals surface area (Å²) in [6.45, 7) is 2.74. The van der Waals surface area contributed by atoms with Crippen molar-refractivity contribution in [1.29, 1.82) is 5.26 Å². The van der Waals surface area contributed by atoms with Gasteiger partial charge in [-0.15, -0.1) is 0 Å². The Kier molecular flexibility index (Phi) is 2.52. The van der Waals surface area contributed by atoms with E-state index in [0.717, 1.165) is 19.0 Å². The maximum Gasteiger partial charge on any atom is 0.0866 e. The fraction of sp³-hybridized carbons (Fsp3) is 0.900. The Labute approximate surface area is 79.5 Å². The van der Waals surface area contributed by atoms with Gasteiger partial charge in [-0.25, -0.2) is 0 Å². The minimum atomic E-state index is 0.391. The Morgan fingerprint density at radius 3 is 2.92 bits per heavy atom. The molecule has 2 rings (SSSR count). The number of hydrogen-bond acceptors (Lipinski definition) is 3.